The fourth-order valence-electron chi connectivity index (χ4n) is 2.41. The number of ether oxygens (including phenoxy) is 2. The second-order valence-electron chi connectivity index (χ2n) is 3.95. The summed E-state index contributed by atoms with van der Waals surface area (Å²) in [5.41, 5.74) is 0. The van der Waals surface area contributed by atoms with Crippen molar-refractivity contribution in [2.24, 2.45) is 0 Å². The van der Waals surface area contributed by atoms with Gasteiger partial charge in [-0.15, -0.1) is 23.2 Å². The summed E-state index contributed by atoms with van der Waals surface area (Å²) in [6, 6.07) is 0. The van der Waals surface area contributed by atoms with Gasteiger partial charge in [0.1, 0.15) is 0 Å². The minimum atomic E-state index is -1.74. The Morgan fingerprint density at radius 1 is 0.882 bits per heavy atom. The van der Waals surface area contributed by atoms with Crippen molar-refractivity contribution in [2.75, 3.05) is 0 Å². The SMILES string of the molecule is O=C1O[C@@H]2[C@H](O1)[C@]1(Cl)C(Cl)=C(Cl)[C@@]2(Cl)C1(Cl)Cl. The third kappa shape index (κ3) is 1.06. The van der Waals surface area contributed by atoms with Crippen molar-refractivity contribution in [1.29, 1.82) is 0 Å². The molecule has 3 nitrogen and oxygen atoms in total. The fraction of sp³-hybridized carbons (Fsp3) is 0.625. The number of alkyl halides is 4. The van der Waals surface area contributed by atoms with Gasteiger partial charge in [-0.1, -0.05) is 46.4 Å². The van der Waals surface area contributed by atoms with Crippen molar-refractivity contribution in [2.45, 2.75) is 26.3 Å². The van der Waals surface area contributed by atoms with Crippen molar-refractivity contribution >= 4 is 75.8 Å². The predicted octanol–water partition coefficient (Wildman–Crippen LogP) is 3.74. The standard InChI is InChI=1S/C8H2Cl6O3/c9-1-2(10)7(12)4-3(16-5(15)17-4)6(1,11)8(7,13)14/h3-4H/t3-,4+,6+,7-. The van der Waals surface area contributed by atoms with Gasteiger partial charge < -0.3 is 9.47 Å². The number of hydrogen-bond acceptors (Lipinski definition) is 3. The smallest absolute Gasteiger partial charge is 0.424 e. The van der Waals surface area contributed by atoms with Crippen LogP contribution in [0, 0.1) is 0 Å². The van der Waals surface area contributed by atoms with E-state index in [1.807, 2.05) is 0 Å². The summed E-state index contributed by atoms with van der Waals surface area (Å²) in [4.78, 5) is 7.92. The summed E-state index contributed by atoms with van der Waals surface area (Å²) in [5, 5.41) is -0.0548. The van der Waals surface area contributed by atoms with Gasteiger partial charge in [0.15, 0.2) is 26.3 Å². The quantitative estimate of drug-likeness (QED) is 0.489. The van der Waals surface area contributed by atoms with Gasteiger partial charge in [0.25, 0.3) is 0 Å². The normalized spacial score (nSPS) is 50.4. The summed E-state index contributed by atoms with van der Waals surface area (Å²) in [5.74, 6) is 0. The van der Waals surface area contributed by atoms with Crippen LogP contribution >= 0.6 is 69.6 Å². The first-order valence-corrected chi connectivity index (χ1v) is 6.65. The highest BCUT2D eigenvalue weighted by atomic mass is 35.5. The molecule has 94 valence electrons. The molecule has 0 spiro atoms. The molecule has 2 fully saturated rings. The molecule has 0 amide bonds. The summed E-state index contributed by atoms with van der Waals surface area (Å²) in [6.07, 6.45) is -2.85. The van der Waals surface area contributed by atoms with Gasteiger partial charge in [0.05, 0.1) is 10.1 Å². The number of carbonyl (C=O) groups is 1. The molecule has 0 aromatic rings. The van der Waals surface area contributed by atoms with Crippen molar-refractivity contribution in [3.63, 3.8) is 0 Å². The minimum absolute atomic E-state index is 0.0274. The van der Waals surface area contributed by atoms with Crippen LogP contribution in [0.25, 0.3) is 0 Å². The molecule has 1 heterocycles. The summed E-state index contributed by atoms with van der Waals surface area (Å²) < 4.78 is 8.09. The van der Waals surface area contributed by atoms with E-state index in [1.54, 1.807) is 0 Å². The summed E-state index contributed by atoms with van der Waals surface area (Å²) in [7, 11) is 0. The van der Waals surface area contributed by atoms with Gasteiger partial charge in [0, 0.05) is 0 Å². The zero-order valence-electron chi connectivity index (χ0n) is 7.65. The molecule has 0 unspecified atom stereocenters. The Labute approximate surface area is 126 Å². The molecule has 1 aliphatic heterocycles. The Balaban J connectivity index is 2.28. The third-order valence-corrected chi connectivity index (χ3v) is 7.47. The van der Waals surface area contributed by atoms with Crippen LogP contribution in [-0.2, 0) is 9.47 Å². The second-order valence-corrected chi connectivity index (χ2v) is 7.23. The molecule has 2 bridgehead atoms. The van der Waals surface area contributed by atoms with Crippen LogP contribution in [0.15, 0.2) is 10.1 Å². The van der Waals surface area contributed by atoms with Crippen LogP contribution < -0.4 is 0 Å². The highest BCUT2D eigenvalue weighted by Crippen LogP contribution is 2.74. The van der Waals surface area contributed by atoms with Gasteiger partial charge in [-0.05, 0) is 0 Å². The first kappa shape index (κ1) is 12.8. The molecule has 1 saturated carbocycles. The molecule has 1 saturated heterocycles. The van der Waals surface area contributed by atoms with Crippen molar-refractivity contribution in [3.8, 4) is 0 Å². The van der Waals surface area contributed by atoms with Gasteiger partial charge in [0.2, 0.25) is 0 Å². The molecular weight excluding hydrogens is 357 g/mol. The number of rotatable bonds is 0. The molecule has 2 aliphatic carbocycles. The molecule has 4 atom stereocenters. The number of halogens is 6. The Kier molecular flexibility index (Phi) is 2.44. The monoisotopic (exact) mass is 356 g/mol. The lowest BCUT2D eigenvalue weighted by Crippen LogP contribution is -2.47. The molecule has 17 heavy (non-hydrogen) atoms. The molecule has 0 radical (unpaired) electrons. The number of fused-ring (bicyclic) bond motifs is 5. The molecule has 3 rings (SSSR count). The lowest BCUT2D eigenvalue weighted by atomic mass is 10.0. The van der Waals surface area contributed by atoms with Crippen molar-refractivity contribution in [1.82, 2.24) is 0 Å². The van der Waals surface area contributed by atoms with Gasteiger partial charge in [-0.2, -0.15) is 0 Å². The topological polar surface area (TPSA) is 35.5 Å². The Morgan fingerprint density at radius 2 is 1.24 bits per heavy atom. The van der Waals surface area contributed by atoms with Crippen LogP contribution in [0.5, 0.6) is 0 Å². The zero-order chi connectivity index (χ0) is 12.8. The van der Waals surface area contributed by atoms with Crippen LogP contribution in [-0.4, -0.2) is 32.4 Å². The molecule has 0 aromatic heterocycles. The summed E-state index contributed by atoms with van der Waals surface area (Å²) in [6.45, 7) is 0. The number of hydrogen-bond donors (Lipinski definition) is 0. The zero-order valence-corrected chi connectivity index (χ0v) is 12.2. The average molecular weight is 359 g/mol. The van der Waals surface area contributed by atoms with E-state index in [0.717, 1.165) is 0 Å². The van der Waals surface area contributed by atoms with E-state index in [4.69, 9.17) is 79.1 Å². The molecule has 0 aromatic carbocycles. The minimum Gasteiger partial charge on any atom is -0.424 e. The highest BCUT2D eigenvalue weighted by molar-refractivity contribution is 6.66. The van der Waals surface area contributed by atoms with E-state index in [0.29, 0.717) is 0 Å². The second kappa shape index (κ2) is 3.25. The van der Waals surface area contributed by atoms with Gasteiger partial charge in [-0.3, -0.25) is 0 Å². The van der Waals surface area contributed by atoms with E-state index in [2.05, 4.69) is 0 Å². The maximum absolute atomic E-state index is 11.1. The largest absolute Gasteiger partial charge is 0.509 e. The first-order valence-electron chi connectivity index (χ1n) is 4.38. The predicted molar refractivity (Wildman–Crippen MR) is 65.5 cm³/mol. The van der Waals surface area contributed by atoms with Crippen LogP contribution in [0.3, 0.4) is 0 Å². The van der Waals surface area contributed by atoms with E-state index in [9.17, 15) is 4.79 Å². The van der Waals surface area contributed by atoms with E-state index in [-0.39, 0.29) is 10.1 Å². The van der Waals surface area contributed by atoms with Crippen LogP contribution in [0.4, 0.5) is 4.79 Å². The molecule has 0 N–H and O–H groups in total. The summed E-state index contributed by atoms with van der Waals surface area (Å²) >= 11 is 37.0. The number of carbonyl (C=O) groups excluding carboxylic acids is 1. The maximum Gasteiger partial charge on any atom is 0.509 e. The van der Waals surface area contributed by atoms with Gasteiger partial charge >= 0.3 is 6.16 Å². The lowest BCUT2D eigenvalue weighted by Gasteiger charge is -2.32. The Bertz CT molecular complexity index is 438. The van der Waals surface area contributed by atoms with Gasteiger partial charge in [-0.25, -0.2) is 4.79 Å². The molecule has 3 aliphatic rings. The van der Waals surface area contributed by atoms with E-state index in [1.165, 1.54) is 0 Å². The highest BCUT2D eigenvalue weighted by Gasteiger charge is 2.87. The third-order valence-electron chi connectivity index (χ3n) is 3.25. The first-order chi connectivity index (χ1) is 7.69. The maximum atomic E-state index is 11.1. The lowest BCUT2D eigenvalue weighted by molar-refractivity contribution is 0.104. The average Bonchev–Trinajstić information content (AvgIpc) is 2.72. The Morgan fingerprint density at radius 3 is 1.59 bits per heavy atom. The van der Waals surface area contributed by atoms with E-state index < -0.39 is 32.4 Å². The van der Waals surface area contributed by atoms with E-state index >= 15 is 0 Å². The molecular formula is C8H2Cl6O3. The fourth-order valence-corrected chi connectivity index (χ4v) is 5.15. The van der Waals surface area contributed by atoms with Crippen LogP contribution in [0.1, 0.15) is 0 Å². The van der Waals surface area contributed by atoms with Crippen molar-refractivity contribution in [3.05, 3.63) is 10.1 Å². The molecule has 9 heteroatoms. The van der Waals surface area contributed by atoms with Crippen LogP contribution in [0.2, 0.25) is 0 Å². The Hall–Kier alpha value is 0.750. The van der Waals surface area contributed by atoms with Crippen molar-refractivity contribution < 1.29 is 14.3 Å².